The zero-order valence-electron chi connectivity index (χ0n) is 9.93. The van der Waals surface area contributed by atoms with E-state index < -0.39 is 5.97 Å². The molecule has 2 rings (SSSR count). The molecule has 0 aliphatic rings. The summed E-state index contributed by atoms with van der Waals surface area (Å²) in [6.45, 7) is 4.65. The third kappa shape index (κ3) is 2.06. The fourth-order valence-corrected chi connectivity index (χ4v) is 1.52. The van der Waals surface area contributed by atoms with E-state index in [4.69, 9.17) is 4.52 Å². The van der Waals surface area contributed by atoms with Gasteiger partial charge in [0.1, 0.15) is 0 Å². The summed E-state index contributed by atoms with van der Waals surface area (Å²) in [5.74, 6) is 0.00290. The van der Waals surface area contributed by atoms with Gasteiger partial charge in [0.15, 0.2) is 11.5 Å². The first-order valence-electron chi connectivity index (χ1n) is 5.25. The number of carbonyl (C=O) groups is 1. The first-order chi connectivity index (χ1) is 8.15. The van der Waals surface area contributed by atoms with Crippen molar-refractivity contribution in [3.63, 3.8) is 0 Å². The third-order valence-electron chi connectivity index (χ3n) is 2.44. The smallest absolute Gasteiger partial charge is 0.360 e. The van der Waals surface area contributed by atoms with Gasteiger partial charge >= 0.3 is 5.97 Å². The van der Waals surface area contributed by atoms with Crippen LogP contribution in [0.5, 0.6) is 0 Å². The van der Waals surface area contributed by atoms with Crippen molar-refractivity contribution in [2.24, 2.45) is 0 Å². The predicted molar refractivity (Wildman–Crippen MR) is 59.5 cm³/mol. The van der Waals surface area contributed by atoms with E-state index in [1.165, 1.54) is 7.11 Å². The van der Waals surface area contributed by atoms with Crippen LogP contribution in [0, 0.1) is 6.92 Å². The molecule has 0 atom stereocenters. The SMILES string of the molecule is CCn1cc(-c2cc(C(=O)OC)no2)c(C)n1. The number of hydrogen-bond donors (Lipinski definition) is 0. The van der Waals surface area contributed by atoms with Crippen molar-refractivity contribution in [1.82, 2.24) is 14.9 Å². The largest absolute Gasteiger partial charge is 0.464 e. The number of methoxy groups -OCH3 is 1. The number of hydrogen-bond acceptors (Lipinski definition) is 5. The summed E-state index contributed by atoms with van der Waals surface area (Å²) in [5.41, 5.74) is 1.82. The van der Waals surface area contributed by atoms with Gasteiger partial charge in [-0.15, -0.1) is 0 Å². The molecule has 0 spiro atoms. The Hall–Kier alpha value is -2.11. The van der Waals surface area contributed by atoms with Crippen molar-refractivity contribution in [3.8, 4) is 11.3 Å². The topological polar surface area (TPSA) is 70.2 Å². The first kappa shape index (κ1) is 11.4. The highest BCUT2D eigenvalue weighted by molar-refractivity contribution is 5.88. The lowest BCUT2D eigenvalue weighted by molar-refractivity contribution is 0.0589. The van der Waals surface area contributed by atoms with Crippen molar-refractivity contribution < 1.29 is 14.1 Å². The summed E-state index contributed by atoms with van der Waals surface area (Å²) >= 11 is 0. The summed E-state index contributed by atoms with van der Waals surface area (Å²) in [5, 5.41) is 7.95. The predicted octanol–water partition coefficient (Wildman–Crippen LogP) is 1.65. The summed E-state index contributed by atoms with van der Waals surface area (Å²) in [6.07, 6.45) is 1.86. The number of aromatic nitrogens is 3. The van der Waals surface area contributed by atoms with Crippen LogP contribution in [-0.4, -0.2) is 28.0 Å². The molecule has 0 bridgehead atoms. The normalized spacial score (nSPS) is 10.5. The average Bonchev–Trinajstić information content (AvgIpc) is 2.94. The van der Waals surface area contributed by atoms with Crippen molar-refractivity contribution in [1.29, 1.82) is 0 Å². The van der Waals surface area contributed by atoms with Gasteiger partial charge in [0.25, 0.3) is 0 Å². The number of ether oxygens (including phenoxy) is 1. The molecule has 2 heterocycles. The quantitative estimate of drug-likeness (QED) is 0.756. The number of nitrogens with zero attached hydrogens (tertiary/aromatic N) is 3. The van der Waals surface area contributed by atoms with Gasteiger partial charge in [0.2, 0.25) is 0 Å². The molecule has 0 saturated carbocycles. The van der Waals surface area contributed by atoms with Gasteiger partial charge in [-0.05, 0) is 13.8 Å². The van der Waals surface area contributed by atoms with E-state index in [-0.39, 0.29) is 5.69 Å². The molecule has 90 valence electrons. The number of rotatable bonds is 3. The molecule has 0 aliphatic heterocycles. The Morgan fingerprint density at radius 2 is 2.35 bits per heavy atom. The maximum absolute atomic E-state index is 11.2. The van der Waals surface area contributed by atoms with E-state index in [0.717, 1.165) is 17.8 Å². The second kappa shape index (κ2) is 4.40. The molecule has 0 amide bonds. The zero-order valence-corrected chi connectivity index (χ0v) is 9.93. The third-order valence-corrected chi connectivity index (χ3v) is 2.44. The number of aryl methyl sites for hydroxylation is 2. The maximum atomic E-state index is 11.2. The molecule has 0 radical (unpaired) electrons. The van der Waals surface area contributed by atoms with E-state index in [9.17, 15) is 4.79 Å². The molecule has 6 heteroatoms. The lowest BCUT2D eigenvalue weighted by Crippen LogP contribution is -2.00. The minimum absolute atomic E-state index is 0.158. The first-order valence-corrected chi connectivity index (χ1v) is 5.25. The van der Waals surface area contributed by atoms with E-state index in [1.807, 2.05) is 20.0 Å². The second-order valence-electron chi connectivity index (χ2n) is 3.55. The molecule has 2 aromatic heterocycles. The van der Waals surface area contributed by atoms with Crippen LogP contribution in [0.2, 0.25) is 0 Å². The Morgan fingerprint density at radius 3 is 2.94 bits per heavy atom. The van der Waals surface area contributed by atoms with Crippen LogP contribution >= 0.6 is 0 Å². The molecule has 6 nitrogen and oxygen atoms in total. The highest BCUT2D eigenvalue weighted by Gasteiger charge is 2.16. The minimum Gasteiger partial charge on any atom is -0.464 e. The number of carbonyl (C=O) groups excluding carboxylic acids is 1. The van der Waals surface area contributed by atoms with Gasteiger partial charge in [-0.2, -0.15) is 5.10 Å². The van der Waals surface area contributed by atoms with E-state index in [2.05, 4.69) is 15.0 Å². The van der Waals surface area contributed by atoms with Crippen LogP contribution in [0.25, 0.3) is 11.3 Å². The second-order valence-corrected chi connectivity index (χ2v) is 3.55. The molecular weight excluding hydrogens is 222 g/mol. The van der Waals surface area contributed by atoms with Crippen molar-refractivity contribution >= 4 is 5.97 Å². The summed E-state index contributed by atoms with van der Waals surface area (Å²) in [7, 11) is 1.30. The Morgan fingerprint density at radius 1 is 1.59 bits per heavy atom. The monoisotopic (exact) mass is 235 g/mol. The Balaban J connectivity index is 2.36. The van der Waals surface area contributed by atoms with Crippen LogP contribution < -0.4 is 0 Å². The van der Waals surface area contributed by atoms with E-state index >= 15 is 0 Å². The van der Waals surface area contributed by atoms with Gasteiger partial charge in [-0.1, -0.05) is 5.16 Å². The molecule has 2 aromatic rings. The van der Waals surface area contributed by atoms with Crippen LogP contribution in [0.3, 0.4) is 0 Å². The Bertz CT molecular complexity index is 542. The molecule has 0 saturated heterocycles. The van der Waals surface area contributed by atoms with Crippen molar-refractivity contribution in [2.45, 2.75) is 20.4 Å². The van der Waals surface area contributed by atoms with Gasteiger partial charge in [0.05, 0.1) is 18.4 Å². The lowest BCUT2D eigenvalue weighted by atomic mass is 10.2. The van der Waals surface area contributed by atoms with Gasteiger partial charge in [-0.3, -0.25) is 4.68 Å². The van der Waals surface area contributed by atoms with Gasteiger partial charge in [0, 0.05) is 18.8 Å². The Labute approximate surface area is 98.2 Å². The number of esters is 1. The summed E-state index contributed by atoms with van der Waals surface area (Å²) in [4.78, 5) is 11.2. The molecule has 0 N–H and O–H groups in total. The fraction of sp³-hybridized carbons (Fsp3) is 0.364. The maximum Gasteiger partial charge on any atom is 0.360 e. The molecule has 0 aliphatic carbocycles. The van der Waals surface area contributed by atoms with Crippen LogP contribution in [0.1, 0.15) is 23.1 Å². The molecular formula is C11H13N3O3. The summed E-state index contributed by atoms with van der Waals surface area (Å²) in [6, 6.07) is 1.55. The van der Waals surface area contributed by atoms with E-state index in [1.54, 1.807) is 10.7 Å². The molecule has 17 heavy (non-hydrogen) atoms. The molecule has 0 fully saturated rings. The zero-order chi connectivity index (χ0) is 12.4. The van der Waals surface area contributed by atoms with Crippen molar-refractivity contribution in [2.75, 3.05) is 7.11 Å². The Kier molecular flexibility index (Phi) is 2.95. The van der Waals surface area contributed by atoms with Gasteiger partial charge < -0.3 is 9.26 Å². The van der Waals surface area contributed by atoms with Crippen molar-refractivity contribution in [3.05, 3.63) is 23.7 Å². The van der Waals surface area contributed by atoms with Gasteiger partial charge in [-0.25, -0.2) is 4.79 Å². The lowest BCUT2D eigenvalue weighted by Gasteiger charge is -1.90. The summed E-state index contributed by atoms with van der Waals surface area (Å²) < 4.78 is 11.5. The van der Waals surface area contributed by atoms with Crippen LogP contribution in [0.4, 0.5) is 0 Å². The van der Waals surface area contributed by atoms with Crippen LogP contribution in [0.15, 0.2) is 16.8 Å². The highest BCUT2D eigenvalue weighted by Crippen LogP contribution is 2.23. The molecule has 0 aromatic carbocycles. The standard InChI is InChI=1S/C11H13N3O3/c1-4-14-6-8(7(2)12-14)10-5-9(13-17-10)11(15)16-3/h5-6H,4H2,1-3H3. The van der Waals surface area contributed by atoms with Crippen LogP contribution in [-0.2, 0) is 11.3 Å². The highest BCUT2D eigenvalue weighted by atomic mass is 16.5. The van der Waals surface area contributed by atoms with E-state index in [0.29, 0.717) is 5.76 Å². The molecule has 0 unspecified atom stereocenters. The fourth-order valence-electron chi connectivity index (χ4n) is 1.52. The average molecular weight is 235 g/mol. The minimum atomic E-state index is -0.513.